The third-order valence-electron chi connectivity index (χ3n) is 4.31. The summed E-state index contributed by atoms with van der Waals surface area (Å²) in [5.74, 6) is -1.79. The van der Waals surface area contributed by atoms with Gasteiger partial charge < -0.3 is 10.6 Å². The SMILES string of the molecule is O=C(Nc1c(F)cccc1F)c1ccc(NC2CCCCCC2)nn1. The van der Waals surface area contributed by atoms with E-state index < -0.39 is 23.2 Å². The van der Waals surface area contributed by atoms with Crippen LogP contribution in [-0.2, 0) is 0 Å². The number of hydrogen-bond acceptors (Lipinski definition) is 4. The Morgan fingerprint density at radius 2 is 1.64 bits per heavy atom. The van der Waals surface area contributed by atoms with Gasteiger partial charge in [-0.2, -0.15) is 0 Å². The molecule has 2 aromatic rings. The maximum absolute atomic E-state index is 13.6. The zero-order valence-electron chi connectivity index (χ0n) is 13.8. The van der Waals surface area contributed by atoms with Gasteiger partial charge in [0.05, 0.1) is 0 Å². The van der Waals surface area contributed by atoms with Gasteiger partial charge in [-0.1, -0.05) is 31.7 Å². The van der Waals surface area contributed by atoms with Gasteiger partial charge in [-0.15, -0.1) is 10.2 Å². The van der Waals surface area contributed by atoms with Gasteiger partial charge >= 0.3 is 0 Å². The van der Waals surface area contributed by atoms with Crippen LogP contribution in [0.2, 0.25) is 0 Å². The molecule has 0 saturated heterocycles. The lowest BCUT2D eigenvalue weighted by Crippen LogP contribution is -2.20. The van der Waals surface area contributed by atoms with Gasteiger partial charge in [0.2, 0.25) is 0 Å². The molecule has 132 valence electrons. The molecular formula is C18H20F2N4O. The number of anilines is 2. The molecule has 0 radical (unpaired) electrons. The third-order valence-corrected chi connectivity index (χ3v) is 4.31. The van der Waals surface area contributed by atoms with Crippen LogP contribution in [-0.4, -0.2) is 22.1 Å². The Kier molecular flexibility index (Phi) is 5.53. The molecule has 1 saturated carbocycles. The van der Waals surface area contributed by atoms with E-state index in [1.54, 1.807) is 6.07 Å². The zero-order valence-corrected chi connectivity index (χ0v) is 13.8. The molecule has 1 amide bonds. The fourth-order valence-electron chi connectivity index (χ4n) is 2.96. The monoisotopic (exact) mass is 346 g/mol. The van der Waals surface area contributed by atoms with Gasteiger partial charge in [0.15, 0.2) is 5.69 Å². The van der Waals surface area contributed by atoms with E-state index in [4.69, 9.17) is 0 Å². The molecule has 0 atom stereocenters. The van der Waals surface area contributed by atoms with Crippen molar-refractivity contribution in [1.29, 1.82) is 0 Å². The molecule has 5 nitrogen and oxygen atoms in total. The van der Waals surface area contributed by atoms with Gasteiger partial charge in [0, 0.05) is 6.04 Å². The minimum atomic E-state index is -0.840. The van der Waals surface area contributed by atoms with Crippen molar-refractivity contribution >= 4 is 17.4 Å². The number of carbonyl (C=O) groups excluding carboxylic acids is 1. The predicted molar refractivity (Wildman–Crippen MR) is 91.5 cm³/mol. The fourth-order valence-corrected chi connectivity index (χ4v) is 2.96. The van der Waals surface area contributed by atoms with Crippen molar-refractivity contribution in [3.05, 3.63) is 47.7 Å². The summed E-state index contributed by atoms with van der Waals surface area (Å²) in [7, 11) is 0. The minimum Gasteiger partial charge on any atom is -0.366 e. The number of hydrogen-bond donors (Lipinski definition) is 2. The molecule has 7 heteroatoms. The number of carbonyl (C=O) groups is 1. The van der Waals surface area contributed by atoms with Crippen molar-refractivity contribution in [3.8, 4) is 0 Å². The van der Waals surface area contributed by atoms with Crippen LogP contribution < -0.4 is 10.6 Å². The fraction of sp³-hybridized carbons (Fsp3) is 0.389. The van der Waals surface area contributed by atoms with Crippen LogP contribution in [0, 0.1) is 11.6 Å². The summed E-state index contributed by atoms with van der Waals surface area (Å²) in [5.41, 5.74) is -0.496. The Hall–Kier alpha value is -2.57. The largest absolute Gasteiger partial charge is 0.366 e. The summed E-state index contributed by atoms with van der Waals surface area (Å²) in [6.45, 7) is 0. The van der Waals surface area contributed by atoms with Crippen molar-refractivity contribution in [1.82, 2.24) is 10.2 Å². The normalized spacial score (nSPS) is 15.4. The van der Waals surface area contributed by atoms with Crippen LogP contribution in [0.5, 0.6) is 0 Å². The Labute approximate surface area is 144 Å². The second-order valence-corrected chi connectivity index (χ2v) is 6.19. The number of amides is 1. The average molecular weight is 346 g/mol. The van der Waals surface area contributed by atoms with Crippen molar-refractivity contribution in [2.75, 3.05) is 10.6 Å². The Balaban J connectivity index is 1.64. The maximum Gasteiger partial charge on any atom is 0.276 e. The van der Waals surface area contributed by atoms with Crippen LogP contribution in [0.1, 0.15) is 49.0 Å². The van der Waals surface area contributed by atoms with Crippen LogP contribution in [0.4, 0.5) is 20.3 Å². The zero-order chi connectivity index (χ0) is 17.6. The summed E-state index contributed by atoms with van der Waals surface area (Å²) in [5, 5.41) is 13.4. The molecule has 1 fully saturated rings. The predicted octanol–water partition coefficient (Wildman–Crippen LogP) is 4.14. The van der Waals surface area contributed by atoms with E-state index >= 15 is 0 Å². The molecule has 25 heavy (non-hydrogen) atoms. The Morgan fingerprint density at radius 1 is 0.960 bits per heavy atom. The van der Waals surface area contributed by atoms with Crippen molar-refractivity contribution < 1.29 is 13.6 Å². The van der Waals surface area contributed by atoms with Crippen LogP contribution in [0.25, 0.3) is 0 Å². The number of halogens is 2. The first-order chi connectivity index (χ1) is 12.1. The number of nitrogens with zero attached hydrogens (tertiary/aromatic N) is 2. The lowest BCUT2D eigenvalue weighted by molar-refractivity contribution is 0.102. The Morgan fingerprint density at radius 3 is 2.24 bits per heavy atom. The molecule has 1 aliphatic carbocycles. The quantitative estimate of drug-likeness (QED) is 0.817. The first-order valence-electron chi connectivity index (χ1n) is 8.49. The molecule has 2 N–H and O–H groups in total. The van der Waals surface area contributed by atoms with Crippen LogP contribution >= 0.6 is 0 Å². The molecule has 0 spiro atoms. The Bertz CT molecular complexity index is 708. The molecule has 0 bridgehead atoms. The number of aromatic nitrogens is 2. The highest BCUT2D eigenvalue weighted by molar-refractivity contribution is 6.02. The smallest absolute Gasteiger partial charge is 0.276 e. The summed E-state index contributed by atoms with van der Waals surface area (Å²) in [6.07, 6.45) is 7.09. The van der Waals surface area contributed by atoms with Crippen LogP contribution in [0.3, 0.4) is 0 Å². The van der Waals surface area contributed by atoms with Gasteiger partial charge in [-0.05, 0) is 37.1 Å². The molecule has 0 aliphatic heterocycles. The topological polar surface area (TPSA) is 66.9 Å². The van der Waals surface area contributed by atoms with E-state index in [2.05, 4.69) is 20.8 Å². The van der Waals surface area contributed by atoms with Gasteiger partial charge in [-0.3, -0.25) is 4.79 Å². The van der Waals surface area contributed by atoms with Crippen molar-refractivity contribution in [2.24, 2.45) is 0 Å². The highest BCUT2D eigenvalue weighted by Crippen LogP contribution is 2.21. The van der Waals surface area contributed by atoms with Gasteiger partial charge in [-0.25, -0.2) is 8.78 Å². The summed E-state index contributed by atoms with van der Waals surface area (Å²) in [6, 6.07) is 6.89. The second kappa shape index (κ2) is 8.00. The number of benzene rings is 1. The second-order valence-electron chi connectivity index (χ2n) is 6.19. The molecule has 1 aliphatic rings. The highest BCUT2D eigenvalue weighted by Gasteiger charge is 2.16. The number of rotatable bonds is 4. The van der Waals surface area contributed by atoms with Crippen molar-refractivity contribution in [3.63, 3.8) is 0 Å². The minimum absolute atomic E-state index is 0.00549. The van der Waals surface area contributed by atoms with Crippen molar-refractivity contribution in [2.45, 2.75) is 44.6 Å². The standard InChI is InChI=1S/C18H20F2N4O/c19-13-8-5-9-14(20)17(13)22-18(25)15-10-11-16(24-23-15)21-12-6-3-1-2-4-7-12/h5,8-12H,1-4,6-7H2,(H,21,24)(H,22,25). The summed E-state index contributed by atoms with van der Waals surface area (Å²) < 4.78 is 27.2. The van der Waals surface area contributed by atoms with Gasteiger partial charge in [0.25, 0.3) is 5.91 Å². The van der Waals surface area contributed by atoms with E-state index in [1.807, 2.05) is 0 Å². The highest BCUT2D eigenvalue weighted by atomic mass is 19.1. The lowest BCUT2D eigenvalue weighted by atomic mass is 10.1. The molecule has 1 heterocycles. The van der Waals surface area contributed by atoms with Gasteiger partial charge in [0.1, 0.15) is 23.1 Å². The first-order valence-corrected chi connectivity index (χ1v) is 8.49. The first kappa shape index (κ1) is 17.3. The average Bonchev–Trinajstić information content (AvgIpc) is 2.87. The van der Waals surface area contributed by atoms with Crippen LogP contribution in [0.15, 0.2) is 30.3 Å². The van der Waals surface area contributed by atoms with E-state index in [-0.39, 0.29) is 5.69 Å². The molecule has 3 rings (SSSR count). The molecular weight excluding hydrogens is 326 g/mol. The number of nitrogens with one attached hydrogen (secondary N) is 2. The molecule has 1 aromatic heterocycles. The van der Waals surface area contributed by atoms with E-state index in [1.165, 1.54) is 37.8 Å². The maximum atomic E-state index is 13.6. The summed E-state index contributed by atoms with van der Waals surface area (Å²) >= 11 is 0. The lowest BCUT2D eigenvalue weighted by Gasteiger charge is -2.16. The van der Waals surface area contributed by atoms with E-state index in [0.717, 1.165) is 25.0 Å². The molecule has 0 unspecified atom stereocenters. The van der Waals surface area contributed by atoms with E-state index in [9.17, 15) is 13.6 Å². The molecule has 1 aromatic carbocycles. The number of para-hydroxylation sites is 1. The summed E-state index contributed by atoms with van der Waals surface area (Å²) in [4.78, 5) is 12.1. The third kappa shape index (κ3) is 4.49. The van der Waals surface area contributed by atoms with E-state index in [0.29, 0.717) is 11.9 Å².